The quantitative estimate of drug-likeness (QED) is 0.786. The number of nitrogens with two attached hydrogens (primary N) is 1. The average molecular weight is 353 g/mol. The first kappa shape index (κ1) is 19.8. The second kappa shape index (κ2) is 9.26. The van der Waals surface area contributed by atoms with Gasteiger partial charge in [-0.3, -0.25) is 9.69 Å². The monoisotopic (exact) mass is 353 g/mol. The Morgan fingerprint density at radius 2 is 2.08 bits per heavy atom. The molecule has 2 rings (SSSR count). The molecular weight excluding hydrogens is 322 g/mol. The lowest BCUT2D eigenvalue weighted by Gasteiger charge is -2.27. The van der Waals surface area contributed by atoms with E-state index in [1.165, 1.54) is 0 Å². The number of amides is 1. The Morgan fingerprint density at radius 3 is 2.76 bits per heavy atom. The average Bonchev–Trinajstić information content (AvgIpc) is 2.97. The van der Waals surface area contributed by atoms with Crippen LogP contribution < -0.4 is 5.73 Å². The molecule has 0 aromatic carbocycles. The number of hydrogen-bond acceptors (Lipinski definition) is 7. The predicted molar refractivity (Wildman–Crippen MR) is 93.6 cm³/mol. The number of rotatable bonds is 7. The summed E-state index contributed by atoms with van der Waals surface area (Å²) in [6, 6.07) is -0.411. The fraction of sp³-hybridized carbons (Fsp3) is 0.824. The maximum atomic E-state index is 12.6. The molecule has 8 heteroatoms. The molecule has 8 nitrogen and oxygen atoms in total. The van der Waals surface area contributed by atoms with Gasteiger partial charge in [-0.2, -0.15) is 4.98 Å². The Kier molecular flexibility index (Phi) is 7.34. The second-order valence-corrected chi connectivity index (χ2v) is 6.79. The molecule has 2 N–H and O–H groups in total. The maximum Gasteiger partial charge on any atom is 0.240 e. The van der Waals surface area contributed by atoms with Gasteiger partial charge in [0, 0.05) is 33.3 Å². The number of hydrogen-bond donors (Lipinski definition) is 1. The molecule has 1 saturated heterocycles. The molecule has 0 saturated carbocycles. The first-order chi connectivity index (χ1) is 12.0. The molecular formula is C17H31N5O3. The Labute approximate surface area is 149 Å². The van der Waals surface area contributed by atoms with E-state index in [4.69, 9.17) is 15.0 Å². The summed E-state index contributed by atoms with van der Waals surface area (Å²) in [7, 11) is 1.62. The van der Waals surface area contributed by atoms with Crippen molar-refractivity contribution in [3.8, 4) is 0 Å². The first-order valence-electron chi connectivity index (χ1n) is 9.08. The van der Waals surface area contributed by atoms with Crippen molar-refractivity contribution >= 4 is 5.91 Å². The molecule has 25 heavy (non-hydrogen) atoms. The van der Waals surface area contributed by atoms with Gasteiger partial charge < -0.3 is 19.9 Å². The Balaban J connectivity index is 1.88. The fourth-order valence-electron chi connectivity index (χ4n) is 2.85. The third kappa shape index (κ3) is 5.23. The van der Waals surface area contributed by atoms with E-state index in [2.05, 4.69) is 22.0 Å². The number of aromatic nitrogens is 2. The number of methoxy groups -OCH3 is 1. The molecule has 1 aromatic heterocycles. The molecule has 0 spiro atoms. The van der Waals surface area contributed by atoms with Gasteiger partial charge in [0.1, 0.15) is 6.10 Å². The molecule has 142 valence electrons. The van der Waals surface area contributed by atoms with E-state index in [0.717, 1.165) is 32.5 Å². The molecule has 3 unspecified atom stereocenters. The van der Waals surface area contributed by atoms with Crippen LogP contribution in [0.15, 0.2) is 4.52 Å². The van der Waals surface area contributed by atoms with E-state index in [1.54, 1.807) is 7.11 Å². The molecule has 1 amide bonds. The van der Waals surface area contributed by atoms with E-state index in [1.807, 2.05) is 18.7 Å². The molecule has 1 aromatic rings. The predicted octanol–water partition coefficient (Wildman–Crippen LogP) is 1.18. The van der Waals surface area contributed by atoms with Gasteiger partial charge in [-0.15, -0.1) is 0 Å². The van der Waals surface area contributed by atoms with Gasteiger partial charge in [0.25, 0.3) is 0 Å². The molecule has 1 aliphatic heterocycles. The summed E-state index contributed by atoms with van der Waals surface area (Å²) in [6.07, 6.45) is 1.64. The van der Waals surface area contributed by atoms with Crippen LogP contribution in [-0.4, -0.2) is 65.2 Å². The van der Waals surface area contributed by atoms with Crippen LogP contribution in [0.5, 0.6) is 0 Å². The zero-order valence-electron chi connectivity index (χ0n) is 15.8. The van der Waals surface area contributed by atoms with Gasteiger partial charge in [-0.25, -0.2) is 0 Å². The lowest BCUT2D eigenvalue weighted by Crippen LogP contribution is -2.48. The summed E-state index contributed by atoms with van der Waals surface area (Å²) in [5.74, 6) is 1.40. The van der Waals surface area contributed by atoms with Crippen LogP contribution in [0.1, 0.15) is 51.4 Å². The van der Waals surface area contributed by atoms with Crippen LogP contribution in [0.4, 0.5) is 0 Å². The maximum absolute atomic E-state index is 12.6. The Hall–Kier alpha value is -1.51. The normalized spacial score (nSPS) is 20.1. The van der Waals surface area contributed by atoms with Crippen LogP contribution in [-0.2, 0) is 16.1 Å². The van der Waals surface area contributed by atoms with Crippen LogP contribution in [0.3, 0.4) is 0 Å². The van der Waals surface area contributed by atoms with Crippen molar-refractivity contribution in [3.05, 3.63) is 11.7 Å². The summed E-state index contributed by atoms with van der Waals surface area (Å²) in [5.41, 5.74) is 6.11. The summed E-state index contributed by atoms with van der Waals surface area (Å²) >= 11 is 0. The van der Waals surface area contributed by atoms with Gasteiger partial charge in [-0.05, 0) is 19.3 Å². The summed E-state index contributed by atoms with van der Waals surface area (Å²) in [6.45, 7) is 9.64. The topological polar surface area (TPSA) is 97.7 Å². The van der Waals surface area contributed by atoms with Gasteiger partial charge >= 0.3 is 0 Å². The highest BCUT2D eigenvalue weighted by Gasteiger charge is 2.27. The third-order valence-electron chi connectivity index (χ3n) is 5.00. The van der Waals surface area contributed by atoms with E-state index in [9.17, 15) is 4.79 Å². The smallest absolute Gasteiger partial charge is 0.240 e. The van der Waals surface area contributed by atoms with Crippen molar-refractivity contribution in [2.45, 2.75) is 52.3 Å². The van der Waals surface area contributed by atoms with E-state index >= 15 is 0 Å². The van der Waals surface area contributed by atoms with E-state index in [-0.39, 0.29) is 17.9 Å². The molecule has 3 atom stereocenters. The Morgan fingerprint density at radius 1 is 1.32 bits per heavy atom. The molecule has 0 bridgehead atoms. The van der Waals surface area contributed by atoms with Gasteiger partial charge in [0.05, 0.1) is 12.6 Å². The second-order valence-electron chi connectivity index (χ2n) is 6.79. The molecule has 0 aliphatic carbocycles. The minimum atomic E-state index is -0.411. The minimum absolute atomic E-state index is 0.0604. The lowest BCUT2D eigenvalue weighted by atomic mass is 9.99. The largest absolute Gasteiger partial charge is 0.374 e. The molecule has 0 radical (unpaired) electrons. The number of ether oxygens (including phenoxy) is 1. The highest BCUT2D eigenvalue weighted by atomic mass is 16.5. The van der Waals surface area contributed by atoms with Gasteiger partial charge in [-0.1, -0.05) is 25.4 Å². The molecule has 2 heterocycles. The van der Waals surface area contributed by atoms with Crippen molar-refractivity contribution in [2.24, 2.45) is 11.7 Å². The Bertz CT molecular complexity index is 550. The highest BCUT2D eigenvalue weighted by molar-refractivity contribution is 5.82. The van der Waals surface area contributed by atoms with Crippen molar-refractivity contribution < 1.29 is 14.1 Å². The van der Waals surface area contributed by atoms with Crippen LogP contribution >= 0.6 is 0 Å². The summed E-state index contributed by atoms with van der Waals surface area (Å²) in [4.78, 5) is 21.1. The van der Waals surface area contributed by atoms with Crippen molar-refractivity contribution in [1.29, 1.82) is 0 Å². The third-order valence-corrected chi connectivity index (χ3v) is 5.00. The van der Waals surface area contributed by atoms with Crippen LogP contribution in [0.2, 0.25) is 0 Å². The lowest BCUT2D eigenvalue weighted by molar-refractivity contribution is -0.133. The summed E-state index contributed by atoms with van der Waals surface area (Å²) < 4.78 is 10.5. The molecule has 1 fully saturated rings. The molecule has 1 aliphatic rings. The standard InChI is InChI=1S/C17H31N5O3/c1-5-12(2)15(18)17(23)22-8-6-7-21(9-10-22)11-14-19-16(20-25-14)13(3)24-4/h12-13,15H,5-11,18H2,1-4H3. The number of nitrogens with zero attached hydrogens (tertiary/aromatic N) is 4. The number of carbonyl (C=O) groups is 1. The van der Waals surface area contributed by atoms with Gasteiger partial charge in [0.15, 0.2) is 5.82 Å². The van der Waals surface area contributed by atoms with Crippen molar-refractivity contribution in [3.63, 3.8) is 0 Å². The SMILES string of the molecule is CCC(C)C(N)C(=O)N1CCCN(Cc2nc(C(C)OC)no2)CC1. The van der Waals surface area contributed by atoms with Crippen LogP contribution in [0, 0.1) is 5.92 Å². The van der Waals surface area contributed by atoms with Crippen molar-refractivity contribution in [1.82, 2.24) is 19.9 Å². The van der Waals surface area contributed by atoms with Crippen LogP contribution in [0.25, 0.3) is 0 Å². The van der Waals surface area contributed by atoms with Gasteiger partial charge in [0.2, 0.25) is 11.8 Å². The zero-order valence-corrected chi connectivity index (χ0v) is 15.8. The first-order valence-corrected chi connectivity index (χ1v) is 9.08. The van der Waals surface area contributed by atoms with E-state index in [0.29, 0.717) is 24.8 Å². The fourth-order valence-corrected chi connectivity index (χ4v) is 2.85. The van der Waals surface area contributed by atoms with E-state index < -0.39 is 6.04 Å². The summed E-state index contributed by atoms with van der Waals surface area (Å²) in [5, 5.41) is 3.95. The minimum Gasteiger partial charge on any atom is -0.374 e. The highest BCUT2D eigenvalue weighted by Crippen LogP contribution is 2.15. The number of carbonyl (C=O) groups excluding carboxylic acids is 1. The van der Waals surface area contributed by atoms with Crippen molar-refractivity contribution in [2.75, 3.05) is 33.3 Å². The zero-order chi connectivity index (χ0) is 18.4.